The van der Waals surface area contributed by atoms with E-state index >= 15 is 0 Å². The van der Waals surface area contributed by atoms with E-state index in [1.807, 2.05) is 31.2 Å². The summed E-state index contributed by atoms with van der Waals surface area (Å²) in [5.74, 6) is 0.756. The number of hydrogen-bond acceptors (Lipinski definition) is 4. The van der Waals surface area contributed by atoms with Gasteiger partial charge in [-0.2, -0.15) is 4.31 Å². The van der Waals surface area contributed by atoms with E-state index < -0.39 is 10.0 Å². The molecule has 0 atom stereocenters. The van der Waals surface area contributed by atoms with Crippen molar-refractivity contribution in [3.05, 3.63) is 41.8 Å². The lowest BCUT2D eigenvalue weighted by atomic mass is 10.1. The number of rotatable bonds is 3. The minimum atomic E-state index is -3.09. The van der Waals surface area contributed by atoms with Gasteiger partial charge in [-0.3, -0.25) is 0 Å². The maximum absolute atomic E-state index is 11.7. The summed E-state index contributed by atoms with van der Waals surface area (Å²) < 4.78 is 30.4. The zero-order chi connectivity index (χ0) is 14.2. The number of benzene rings is 1. The summed E-state index contributed by atoms with van der Waals surface area (Å²) in [6.07, 6.45) is 2.22. The van der Waals surface area contributed by atoms with Crippen molar-refractivity contribution in [1.29, 1.82) is 0 Å². The number of sulfonamides is 1. The summed E-state index contributed by atoms with van der Waals surface area (Å²) in [5.41, 5.74) is 2.71. The fourth-order valence-electron chi connectivity index (χ4n) is 2.26. The minimum absolute atomic E-state index is 0.232. The Morgan fingerprint density at radius 2 is 2.05 bits per heavy atom. The molecule has 0 N–H and O–H groups in total. The summed E-state index contributed by atoms with van der Waals surface area (Å²) in [4.78, 5) is 4.37. The van der Waals surface area contributed by atoms with Crippen molar-refractivity contribution >= 4 is 10.0 Å². The van der Waals surface area contributed by atoms with Crippen LogP contribution in [0.5, 0.6) is 0 Å². The van der Waals surface area contributed by atoms with Gasteiger partial charge in [0.15, 0.2) is 0 Å². The van der Waals surface area contributed by atoms with Crippen LogP contribution in [0.3, 0.4) is 0 Å². The Balaban J connectivity index is 1.79. The molecule has 1 aliphatic rings. The molecule has 2 aromatic rings. The van der Waals surface area contributed by atoms with Crippen LogP contribution in [-0.4, -0.2) is 30.0 Å². The maximum atomic E-state index is 11.7. The molecule has 1 saturated heterocycles. The molecular formula is C14H16N2O3S. The van der Waals surface area contributed by atoms with Gasteiger partial charge in [0, 0.05) is 12.1 Å². The van der Waals surface area contributed by atoms with Gasteiger partial charge in [0.2, 0.25) is 15.9 Å². The van der Waals surface area contributed by atoms with Gasteiger partial charge < -0.3 is 4.42 Å². The predicted molar refractivity (Wildman–Crippen MR) is 75.5 cm³/mol. The van der Waals surface area contributed by atoms with Crippen molar-refractivity contribution in [2.75, 3.05) is 12.3 Å². The second-order valence-electron chi connectivity index (χ2n) is 5.01. The topological polar surface area (TPSA) is 63.4 Å². The van der Waals surface area contributed by atoms with Crippen LogP contribution in [0.2, 0.25) is 0 Å². The highest BCUT2D eigenvalue weighted by Crippen LogP contribution is 2.22. The summed E-state index contributed by atoms with van der Waals surface area (Å²) in [7, 11) is -3.09. The first-order chi connectivity index (χ1) is 9.54. The van der Waals surface area contributed by atoms with Gasteiger partial charge in [-0.05, 0) is 25.5 Å². The molecule has 3 rings (SSSR count). The second kappa shape index (κ2) is 5.03. The lowest BCUT2D eigenvalue weighted by molar-refractivity contribution is 0.434. The smallest absolute Gasteiger partial charge is 0.226 e. The molecule has 6 heteroatoms. The zero-order valence-electron chi connectivity index (χ0n) is 11.2. The Bertz CT molecular complexity index is 704. The van der Waals surface area contributed by atoms with Crippen LogP contribution in [0.15, 0.2) is 34.9 Å². The first-order valence-corrected chi connectivity index (χ1v) is 8.15. The van der Waals surface area contributed by atoms with E-state index in [0.29, 0.717) is 24.6 Å². The molecular weight excluding hydrogens is 276 g/mol. The molecule has 5 nitrogen and oxygen atoms in total. The third-order valence-corrected chi connectivity index (χ3v) is 5.29. The minimum Gasteiger partial charge on any atom is -0.444 e. The Morgan fingerprint density at radius 1 is 1.30 bits per heavy atom. The van der Waals surface area contributed by atoms with Crippen LogP contribution in [0.25, 0.3) is 11.5 Å². The monoisotopic (exact) mass is 292 g/mol. The first-order valence-electron chi connectivity index (χ1n) is 6.54. The van der Waals surface area contributed by atoms with Gasteiger partial charge in [0.1, 0.15) is 6.26 Å². The average Bonchev–Trinajstić information content (AvgIpc) is 2.99. The lowest BCUT2D eigenvalue weighted by Crippen LogP contribution is -2.25. The Kier molecular flexibility index (Phi) is 3.35. The molecule has 1 aromatic heterocycles. The number of nitrogens with zero attached hydrogens (tertiary/aromatic N) is 2. The Labute approximate surface area is 118 Å². The quantitative estimate of drug-likeness (QED) is 0.870. The van der Waals surface area contributed by atoms with Gasteiger partial charge in [-0.15, -0.1) is 0 Å². The number of hydrogen-bond donors (Lipinski definition) is 0. The van der Waals surface area contributed by atoms with Crippen LogP contribution >= 0.6 is 0 Å². The van der Waals surface area contributed by atoms with Gasteiger partial charge >= 0.3 is 0 Å². The third-order valence-electron chi connectivity index (χ3n) is 3.39. The molecule has 0 bridgehead atoms. The summed E-state index contributed by atoms with van der Waals surface area (Å²) in [5, 5.41) is 0. The molecule has 1 aliphatic heterocycles. The Hall–Kier alpha value is -1.66. The summed E-state index contributed by atoms with van der Waals surface area (Å²) in [6.45, 7) is 2.87. The zero-order valence-corrected chi connectivity index (χ0v) is 12.1. The van der Waals surface area contributed by atoms with Crippen LogP contribution < -0.4 is 0 Å². The van der Waals surface area contributed by atoms with E-state index in [1.54, 1.807) is 0 Å². The maximum Gasteiger partial charge on any atom is 0.226 e. The van der Waals surface area contributed by atoms with Crippen molar-refractivity contribution in [1.82, 2.24) is 9.29 Å². The van der Waals surface area contributed by atoms with E-state index in [-0.39, 0.29) is 12.3 Å². The number of aromatic nitrogens is 1. The van der Waals surface area contributed by atoms with E-state index in [9.17, 15) is 8.42 Å². The largest absolute Gasteiger partial charge is 0.444 e. The molecule has 0 radical (unpaired) electrons. The molecule has 0 amide bonds. The van der Waals surface area contributed by atoms with Gasteiger partial charge in [-0.1, -0.05) is 17.7 Å². The van der Waals surface area contributed by atoms with Gasteiger partial charge in [-0.25, -0.2) is 13.4 Å². The first kappa shape index (κ1) is 13.3. The van der Waals surface area contributed by atoms with E-state index in [4.69, 9.17) is 4.42 Å². The highest BCUT2D eigenvalue weighted by Gasteiger charge is 2.28. The molecule has 0 spiro atoms. The van der Waals surface area contributed by atoms with Crippen LogP contribution in [0.4, 0.5) is 0 Å². The Morgan fingerprint density at radius 3 is 2.70 bits per heavy atom. The molecule has 0 unspecified atom stereocenters. The molecule has 1 aromatic carbocycles. The molecule has 2 heterocycles. The highest BCUT2D eigenvalue weighted by molar-refractivity contribution is 7.89. The fraction of sp³-hybridized carbons (Fsp3) is 0.357. The standard InChI is InChI=1S/C14H16N2O3S/c1-11-3-5-12(6-4-11)14-15-13(10-19-14)9-16-7-2-8-20(16,17)18/h3-6,10H,2,7-9H2,1H3. The number of oxazole rings is 1. The van der Waals surface area contributed by atoms with Crippen LogP contribution in [0, 0.1) is 6.92 Å². The van der Waals surface area contributed by atoms with Gasteiger partial charge in [0.05, 0.1) is 18.0 Å². The van der Waals surface area contributed by atoms with Crippen LogP contribution in [0.1, 0.15) is 17.7 Å². The van der Waals surface area contributed by atoms with E-state index in [1.165, 1.54) is 16.1 Å². The predicted octanol–water partition coefficient (Wildman–Crippen LogP) is 2.19. The fourth-order valence-corrected chi connectivity index (χ4v) is 3.75. The molecule has 1 fully saturated rings. The molecule has 106 valence electrons. The molecule has 0 saturated carbocycles. The highest BCUT2D eigenvalue weighted by atomic mass is 32.2. The van der Waals surface area contributed by atoms with Crippen molar-refractivity contribution in [3.8, 4) is 11.5 Å². The normalized spacial score (nSPS) is 18.4. The summed E-state index contributed by atoms with van der Waals surface area (Å²) in [6, 6.07) is 7.86. The van der Waals surface area contributed by atoms with Gasteiger partial charge in [0.25, 0.3) is 0 Å². The van der Waals surface area contributed by atoms with E-state index in [2.05, 4.69) is 4.98 Å². The van der Waals surface area contributed by atoms with Crippen molar-refractivity contribution in [2.45, 2.75) is 19.9 Å². The van der Waals surface area contributed by atoms with Crippen LogP contribution in [-0.2, 0) is 16.6 Å². The third kappa shape index (κ3) is 2.62. The lowest BCUT2D eigenvalue weighted by Gasteiger charge is -2.11. The second-order valence-corrected chi connectivity index (χ2v) is 7.10. The van der Waals surface area contributed by atoms with Crippen molar-refractivity contribution in [2.24, 2.45) is 0 Å². The molecule has 0 aliphatic carbocycles. The van der Waals surface area contributed by atoms with Crippen molar-refractivity contribution < 1.29 is 12.8 Å². The van der Waals surface area contributed by atoms with Crippen molar-refractivity contribution in [3.63, 3.8) is 0 Å². The molecule has 20 heavy (non-hydrogen) atoms. The van der Waals surface area contributed by atoms with E-state index in [0.717, 1.165) is 5.56 Å². The average molecular weight is 292 g/mol. The number of aryl methyl sites for hydroxylation is 1. The summed E-state index contributed by atoms with van der Waals surface area (Å²) >= 11 is 0. The SMILES string of the molecule is Cc1ccc(-c2nc(CN3CCCS3(=O)=O)co2)cc1.